The zero-order chi connectivity index (χ0) is 22.4. The summed E-state index contributed by atoms with van der Waals surface area (Å²) >= 11 is 0. The van der Waals surface area contributed by atoms with Crippen molar-refractivity contribution in [3.63, 3.8) is 0 Å². The van der Waals surface area contributed by atoms with E-state index in [1.807, 2.05) is 12.4 Å². The third kappa shape index (κ3) is 3.39. The Morgan fingerprint density at radius 2 is 1.48 bits per heavy atom. The van der Waals surface area contributed by atoms with Gasteiger partial charge in [-0.15, -0.1) is 0 Å². The molecule has 2 nitrogen and oxygen atoms in total. The van der Waals surface area contributed by atoms with Crippen molar-refractivity contribution in [1.29, 1.82) is 0 Å². The van der Waals surface area contributed by atoms with Crippen molar-refractivity contribution in [2.24, 2.45) is 0 Å². The number of ether oxygens (including phenoxy) is 1. The van der Waals surface area contributed by atoms with E-state index in [0.717, 1.165) is 35.1 Å². The minimum Gasteiger partial charge on any atom is -0.456 e. The molecule has 1 aliphatic rings. The van der Waals surface area contributed by atoms with Gasteiger partial charge >= 0.3 is 0 Å². The molecule has 0 radical (unpaired) electrons. The van der Waals surface area contributed by atoms with E-state index in [-0.39, 0.29) is 0 Å². The van der Waals surface area contributed by atoms with Crippen molar-refractivity contribution >= 4 is 33.7 Å². The zero-order valence-electron chi connectivity index (χ0n) is 18.9. The summed E-state index contributed by atoms with van der Waals surface area (Å²) in [6.45, 7) is 4.22. The molecule has 0 bridgehead atoms. The van der Waals surface area contributed by atoms with Crippen LogP contribution in [0.5, 0.6) is 11.5 Å². The van der Waals surface area contributed by atoms with E-state index in [4.69, 9.17) is 4.74 Å². The molecule has 0 unspecified atom stereocenters. The number of aromatic nitrogens is 1. The monoisotopic (exact) mass is 427 g/mol. The average molecular weight is 428 g/mol. The molecule has 0 spiro atoms. The third-order valence-electron chi connectivity index (χ3n) is 6.48. The highest BCUT2D eigenvalue weighted by molar-refractivity contribution is 6.07. The lowest BCUT2D eigenvalue weighted by Crippen LogP contribution is -2.31. The molecule has 1 aromatic heterocycles. The maximum absolute atomic E-state index is 6.65. The lowest BCUT2D eigenvalue weighted by molar-refractivity contribution is 0.483. The Morgan fingerprint density at radius 1 is 0.727 bits per heavy atom. The number of hydrogen-bond donors (Lipinski definition) is 0. The van der Waals surface area contributed by atoms with Crippen LogP contribution < -0.4 is 15.2 Å². The number of rotatable bonds is 3. The number of fused-ring (bicyclic) bond motifs is 3. The molecule has 1 heterocycles. The second kappa shape index (κ2) is 7.90. The van der Waals surface area contributed by atoms with Crippen molar-refractivity contribution in [2.45, 2.75) is 26.7 Å². The lowest BCUT2D eigenvalue weighted by atomic mass is 9.89. The van der Waals surface area contributed by atoms with Crippen LogP contribution in [0.15, 0.2) is 79.1 Å². The predicted molar refractivity (Wildman–Crippen MR) is 138 cm³/mol. The van der Waals surface area contributed by atoms with Gasteiger partial charge in [0.25, 0.3) is 0 Å². The molecular weight excluding hydrogens is 402 g/mol. The van der Waals surface area contributed by atoms with Crippen molar-refractivity contribution in [3.8, 4) is 22.6 Å². The van der Waals surface area contributed by atoms with Crippen LogP contribution in [0.4, 0.5) is 0 Å². The molecular formula is C31H25NO. The Morgan fingerprint density at radius 3 is 2.33 bits per heavy atom. The van der Waals surface area contributed by atoms with Gasteiger partial charge in [0.05, 0.1) is 0 Å². The molecule has 6 rings (SSSR count). The number of pyridine rings is 1. The molecule has 33 heavy (non-hydrogen) atoms. The molecule has 0 amide bonds. The molecule has 1 aliphatic carbocycles. The summed E-state index contributed by atoms with van der Waals surface area (Å²) in [6.07, 6.45) is 10.6. The highest BCUT2D eigenvalue weighted by Crippen LogP contribution is 2.35. The fourth-order valence-electron chi connectivity index (χ4n) is 5.16. The van der Waals surface area contributed by atoms with E-state index in [0.29, 0.717) is 0 Å². The average Bonchev–Trinajstić information content (AvgIpc) is 2.83. The second-order valence-electron chi connectivity index (χ2n) is 8.89. The normalized spacial score (nSPS) is 12.8. The second-order valence-corrected chi connectivity index (χ2v) is 8.89. The summed E-state index contributed by atoms with van der Waals surface area (Å²) < 4.78 is 6.65. The fraction of sp³-hybridized carbons (Fsp3) is 0.129. The van der Waals surface area contributed by atoms with Gasteiger partial charge in [-0.3, -0.25) is 4.98 Å². The SMILES string of the molecule is Cc1cc(C)cc(Oc2c3c(c(-c4cccc5ccccc45)c4cnccc24)=CCCC=3)c1. The van der Waals surface area contributed by atoms with E-state index in [1.54, 1.807) is 0 Å². The molecule has 4 aromatic carbocycles. The van der Waals surface area contributed by atoms with Crippen molar-refractivity contribution in [3.05, 3.63) is 101 Å². The molecule has 0 saturated carbocycles. The third-order valence-corrected chi connectivity index (χ3v) is 6.48. The number of hydrogen-bond acceptors (Lipinski definition) is 2. The minimum absolute atomic E-state index is 0.879. The Bertz CT molecular complexity index is 1640. The van der Waals surface area contributed by atoms with Gasteiger partial charge in [0.15, 0.2) is 0 Å². The first-order valence-corrected chi connectivity index (χ1v) is 11.5. The lowest BCUT2D eigenvalue weighted by Gasteiger charge is -2.18. The fourth-order valence-corrected chi connectivity index (χ4v) is 5.16. The summed E-state index contributed by atoms with van der Waals surface area (Å²) in [5, 5.41) is 7.15. The maximum atomic E-state index is 6.65. The number of benzene rings is 4. The molecule has 0 aliphatic heterocycles. The quantitative estimate of drug-likeness (QED) is 0.315. The molecule has 0 atom stereocenters. The van der Waals surface area contributed by atoms with Crippen molar-refractivity contribution < 1.29 is 4.74 Å². The summed E-state index contributed by atoms with van der Waals surface area (Å²) in [7, 11) is 0. The maximum Gasteiger partial charge on any atom is 0.142 e. The summed E-state index contributed by atoms with van der Waals surface area (Å²) in [5.41, 5.74) is 4.89. The van der Waals surface area contributed by atoms with Gasteiger partial charge in [-0.25, -0.2) is 0 Å². The first-order chi connectivity index (χ1) is 16.2. The van der Waals surface area contributed by atoms with Crippen LogP contribution in [0.3, 0.4) is 0 Å². The van der Waals surface area contributed by atoms with Crippen LogP contribution in [0.2, 0.25) is 0 Å². The Labute approximate surface area is 193 Å². The van der Waals surface area contributed by atoms with E-state index in [1.165, 1.54) is 43.5 Å². The standard InChI is InChI=1S/C31H25NO/c1-20-16-21(2)18-23(17-20)33-31-27-12-6-5-11-26(27)30(29-19-32-15-14-28(29)31)25-13-7-9-22-8-3-4-10-24(22)25/h3-4,7-19H,5-6H2,1-2H3. The van der Waals surface area contributed by atoms with E-state index in [9.17, 15) is 0 Å². The van der Waals surface area contributed by atoms with Gasteiger partial charge in [-0.05, 0) is 83.1 Å². The van der Waals surface area contributed by atoms with Gasteiger partial charge in [-0.2, -0.15) is 0 Å². The highest BCUT2D eigenvalue weighted by Gasteiger charge is 2.18. The van der Waals surface area contributed by atoms with E-state index < -0.39 is 0 Å². The number of nitrogens with zero attached hydrogens (tertiary/aromatic N) is 1. The molecule has 0 saturated heterocycles. The predicted octanol–water partition coefficient (Wildman–Crippen LogP) is 6.82. The Kier molecular flexibility index (Phi) is 4.73. The molecule has 0 N–H and O–H groups in total. The van der Waals surface area contributed by atoms with Crippen molar-refractivity contribution in [1.82, 2.24) is 4.98 Å². The first kappa shape index (κ1) is 19.8. The summed E-state index contributed by atoms with van der Waals surface area (Å²) in [6, 6.07) is 23.7. The van der Waals surface area contributed by atoms with E-state index >= 15 is 0 Å². The topological polar surface area (TPSA) is 22.1 Å². The van der Waals surface area contributed by atoms with Gasteiger partial charge in [-0.1, -0.05) is 60.7 Å². The Balaban J connectivity index is 1.71. The van der Waals surface area contributed by atoms with Crippen LogP contribution in [0.1, 0.15) is 24.0 Å². The van der Waals surface area contributed by atoms with Crippen LogP contribution in [-0.4, -0.2) is 4.98 Å². The Hall–Kier alpha value is -3.91. The summed E-state index contributed by atoms with van der Waals surface area (Å²) in [4.78, 5) is 4.52. The molecule has 160 valence electrons. The largest absolute Gasteiger partial charge is 0.456 e. The van der Waals surface area contributed by atoms with Crippen LogP contribution >= 0.6 is 0 Å². The van der Waals surface area contributed by atoms with Gasteiger partial charge in [0.2, 0.25) is 0 Å². The summed E-state index contributed by atoms with van der Waals surface area (Å²) in [5.74, 6) is 1.80. The van der Waals surface area contributed by atoms with Gasteiger partial charge in [0.1, 0.15) is 11.5 Å². The van der Waals surface area contributed by atoms with E-state index in [2.05, 4.69) is 97.7 Å². The van der Waals surface area contributed by atoms with Crippen LogP contribution in [0, 0.1) is 13.8 Å². The van der Waals surface area contributed by atoms with Crippen LogP contribution in [0.25, 0.3) is 44.8 Å². The molecule has 2 heteroatoms. The smallest absolute Gasteiger partial charge is 0.142 e. The highest BCUT2D eigenvalue weighted by atomic mass is 16.5. The molecule has 5 aromatic rings. The zero-order valence-corrected chi connectivity index (χ0v) is 18.9. The van der Waals surface area contributed by atoms with Crippen LogP contribution in [-0.2, 0) is 0 Å². The van der Waals surface area contributed by atoms with Gasteiger partial charge < -0.3 is 4.74 Å². The number of aryl methyl sites for hydroxylation is 2. The minimum atomic E-state index is 0.879. The first-order valence-electron chi connectivity index (χ1n) is 11.5. The van der Waals surface area contributed by atoms with Crippen molar-refractivity contribution in [2.75, 3.05) is 0 Å². The van der Waals surface area contributed by atoms with Gasteiger partial charge in [0, 0.05) is 28.4 Å². The molecule has 0 fully saturated rings.